The molecule has 1 aliphatic carbocycles. The molecule has 1 aliphatic rings. The van der Waals surface area contributed by atoms with Gasteiger partial charge in [0.05, 0.1) is 16.3 Å². The fraction of sp³-hybridized carbons (Fsp3) is 0.0714. The molecule has 0 saturated carbocycles. The molecule has 0 radical (unpaired) electrons. The lowest BCUT2D eigenvalue weighted by atomic mass is 10.1. The lowest BCUT2D eigenvalue weighted by Crippen LogP contribution is -2.03. The van der Waals surface area contributed by atoms with Gasteiger partial charge in [0.25, 0.3) is 0 Å². The summed E-state index contributed by atoms with van der Waals surface area (Å²) >= 11 is 6.04. The van der Waals surface area contributed by atoms with Gasteiger partial charge in [0.1, 0.15) is 5.76 Å². The summed E-state index contributed by atoms with van der Waals surface area (Å²) in [6, 6.07) is 6.72. The molecular weight excluding hydrogens is 236 g/mol. The predicted octanol–water partition coefficient (Wildman–Crippen LogP) is 3.66. The van der Waals surface area contributed by atoms with Crippen molar-refractivity contribution in [2.75, 3.05) is 0 Å². The Morgan fingerprint density at radius 1 is 1.18 bits per heavy atom. The summed E-state index contributed by atoms with van der Waals surface area (Å²) in [5.41, 5.74) is 0.405. The Kier molecular flexibility index (Phi) is 2.37. The zero-order valence-electron chi connectivity index (χ0n) is 8.89. The molecule has 0 fully saturated rings. The van der Waals surface area contributed by atoms with Crippen molar-refractivity contribution in [3.05, 3.63) is 69.6 Å². The summed E-state index contributed by atoms with van der Waals surface area (Å²) in [5, 5.41) is 0.986. The van der Waals surface area contributed by atoms with Gasteiger partial charge in [0, 0.05) is 6.07 Å². The molecule has 1 aromatic heterocycles. The van der Waals surface area contributed by atoms with Crippen LogP contribution in [0.4, 0.5) is 0 Å². The van der Waals surface area contributed by atoms with Crippen LogP contribution in [0.5, 0.6) is 0 Å². The Bertz CT molecular complexity index is 683. The smallest absolute Gasteiger partial charge is 0.193 e. The maximum absolute atomic E-state index is 11.9. The first-order chi connectivity index (χ1) is 8.25. The van der Waals surface area contributed by atoms with Crippen LogP contribution in [0.15, 0.2) is 57.8 Å². The molecule has 2 nitrogen and oxygen atoms in total. The van der Waals surface area contributed by atoms with Crippen molar-refractivity contribution in [1.29, 1.82) is 0 Å². The highest BCUT2D eigenvalue weighted by atomic mass is 35.5. The van der Waals surface area contributed by atoms with E-state index >= 15 is 0 Å². The molecule has 3 heteroatoms. The van der Waals surface area contributed by atoms with Crippen molar-refractivity contribution < 1.29 is 4.42 Å². The van der Waals surface area contributed by atoms with E-state index in [1.165, 1.54) is 6.07 Å². The second kappa shape index (κ2) is 3.90. The maximum Gasteiger partial charge on any atom is 0.193 e. The van der Waals surface area contributed by atoms with Gasteiger partial charge in [0.15, 0.2) is 11.0 Å². The van der Waals surface area contributed by atoms with Crippen molar-refractivity contribution in [3.8, 4) is 0 Å². The molecule has 84 valence electrons. The minimum absolute atomic E-state index is 0.0309. The number of halogens is 1. The zero-order chi connectivity index (χ0) is 11.8. The maximum atomic E-state index is 11.9. The average Bonchev–Trinajstić information content (AvgIpc) is 2.84. The third kappa shape index (κ3) is 1.71. The summed E-state index contributed by atoms with van der Waals surface area (Å²) in [5.74, 6) is 0.656. The van der Waals surface area contributed by atoms with Crippen LogP contribution in [0.2, 0.25) is 5.02 Å². The van der Waals surface area contributed by atoms with Crippen LogP contribution in [-0.4, -0.2) is 0 Å². The molecule has 0 amide bonds. The van der Waals surface area contributed by atoms with E-state index in [4.69, 9.17) is 16.0 Å². The topological polar surface area (TPSA) is 30.2 Å². The predicted molar refractivity (Wildman–Crippen MR) is 68.5 cm³/mol. The molecule has 0 spiro atoms. The average molecular weight is 245 g/mol. The van der Waals surface area contributed by atoms with Crippen LogP contribution < -0.4 is 5.43 Å². The third-order valence-corrected chi connectivity index (χ3v) is 3.10. The Morgan fingerprint density at radius 2 is 1.94 bits per heavy atom. The van der Waals surface area contributed by atoms with E-state index < -0.39 is 0 Å². The van der Waals surface area contributed by atoms with Crippen molar-refractivity contribution in [3.63, 3.8) is 0 Å². The molecule has 0 saturated heterocycles. The molecule has 0 N–H and O–H groups in total. The van der Waals surface area contributed by atoms with Crippen LogP contribution in [0.25, 0.3) is 11.0 Å². The summed E-state index contributed by atoms with van der Waals surface area (Å²) in [6.07, 6.45) is 7.81. The molecule has 1 aromatic carbocycles. The molecule has 0 aliphatic heterocycles. The van der Waals surface area contributed by atoms with Gasteiger partial charge >= 0.3 is 0 Å². The number of hydrogen-bond donors (Lipinski definition) is 0. The highest BCUT2D eigenvalue weighted by molar-refractivity contribution is 6.34. The van der Waals surface area contributed by atoms with E-state index in [-0.39, 0.29) is 11.3 Å². The van der Waals surface area contributed by atoms with E-state index in [2.05, 4.69) is 0 Å². The fourth-order valence-corrected chi connectivity index (χ4v) is 2.16. The van der Waals surface area contributed by atoms with Crippen molar-refractivity contribution in [2.45, 2.75) is 5.92 Å². The van der Waals surface area contributed by atoms with Gasteiger partial charge in [-0.1, -0.05) is 42.0 Å². The highest BCUT2D eigenvalue weighted by Crippen LogP contribution is 2.27. The quantitative estimate of drug-likeness (QED) is 0.766. The van der Waals surface area contributed by atoms with Gasteiger partial charge in [-0.3, -0.25) is 4.79 Å². The minimum Gasteiger partial charge on any atom is -0.458 e. The van der Waals surface area contributed by atoms with Gasteiger partial charge in [-0.15, -0.1) is 0 Å². The van der Waals surface area contributed by atoms with Crippen molar-refractivity contribution in [2.24, 2.45) is 0 Å². The van der Waals surface area contributed by atoms with E-state index in [9.17, 15) is 4.79 Å². The highest BCUT2D eigenvalue weighted by Gasteiger charge is 2.13. The standard InChI is InChI=1S/C14H9ClO2/c15-11-7-3-6-10-12(16)8-13(17-14(10)11)9-4-1-2-5-9/h1-9H. The van der Waals surface area contributed by atoms with E-state index in [1.54, 1.807) is 18.2 Å². The largest absolute Gasteiger partial charge is 0.458 e. The number of para-hydroxylation sites is 1. The van der Waals surface area contributed by atoms with Gasteiger partial charge in [0.2, 0.25) is 0 Å². The monoisotopic (exact) mass is 244 g/mol. The van der Waals surface area contributed by atoms with E-state index in [0.717, 1.165) is 0 Å². The molecular formula is C14H9ClO2. The van der Waals surface area contributed by atoms with Crippen molar-refractivity contribution >= 4 is 22.6 Å². The molecule has 0 atom stereocenters. The third-order valence-electron chi connectivity index (χ3n) is 2.80. The number of rotatable bonds is 1. The van der Waals surface area contributed by atoms with Crippen LogP contribution >= 0.6 is 11.6 Å². The van der Waals surface area contributed by atoms with E-state index in [1.807, 2.05) is 24.3 Å². The van der Waals surface area contributed by atoms with Crippen LogP contribution in [0.1, 0.15) is 11.7 Å². The second-order valence-corrected chi connectivity index (χ2v) is 4.33. The Morgan fingerprint density at radius 3 is 2.71 bits per heavy atom. The zero-order valence-corrected chi connectivity index (χ0v) is 9.65. The van der Waals surface area contributed by atoms with Gasteiger partial charge < -0.3 is 4.42 Å². The Labute approximate surface area is 103 Å². The van der Waals surface area contributed by atoms with Gasteiger partial charge in [-0.25, -0.2) is 0 Å². The SMILES string of the molecule is O=c1cc(C2C=CC=C2)oc2c(Cl)cccc12. The number of hydrogen-bond acceptors (Lipinski definition) is 2. The molecule has 2 aromatic rings. The Balaban J connectivity index is 2.29. The summed E-state index contributed by atoms with van der Waals surface area (Å²) in [7, 11) is 0. The van der Waals surface area contributed by atoms with Gasteiger partial charge in [-0.2, -0.15) is 0 Å². The van der Waals surface area contributed by atoms with Crippen LogP contribution in [0, 0.1) is 0 Å². The number of benzene rings is 1. The summed E-state index contributed by atoms with van der Waals surface area (Å²) in [4.78, 5) is 11.9. The van der Waals surface area contributed by atoms with E-state index in [0.29, 0.717) is 21.8 Å². The minimum atomic E-state index is -0.0579. The van der Waals surface area contributed by atoms with Crippen LogP contribution in [-0.2, 0) is 0 Å². The second-order valence-electron chi connectivity index (χ2n) is 3.93. The summed E-state index contributed by atoms with van der Waals surface area (Å²) in [6.45, 7) is 0. The lowest BCUT2D eigenvalue weighted by molar-refractivity contribution is 0.537. The first-order valence-electron chi connectivity index (χ1n) is 5.33. The molecule has 1 heterocycles. The first kappa shape index (κ1) is 10.4. The van der Waals surface area contributed by atoms with Crippen LogP contribution in [0.3, 0.4) is 0 Å². The lowest BCUT2D eigenvalue weighted by Gasteiger charge is -2.06. The molecule has 0 bridgehead atoms. The molecule has 17 heavy (non-hydrogen) atoms. The Hall–Kier alpha value is -1.80. The fourth-order valence-electron chi connectivity index (χ4n) is 1.95. The molecule has 0 unspecified atom stereocenters. The molecule has 3 rings (SSSR count). The number of allylic oxidation sites excluding steroid dienone is 4. The summed E-state index contributed by atoms with van der Waals surface area (Å²) < 4.78 is 5.72. The normalized spacial score (nSPS) is 14.9. The number of fused-ring (bicyclic) bond motifs is 1. The first-order valence-corrected chi connectivity index (χ1v) is 5.71. The van der Waals surface area contributed by atoms with Gasteiger partial charge in [-0.05, 0) is 12.1 Å². The van der Waals surface area contributed by atoms with Crippen molar-refractivity contribution in [1.82, 2.24) is 0 Å².